The molecule has 0 radical (unpaired) electrons. The number of fused-ring (bicyclic) bond motifs is 5. The summed E-state index contributed by atoms with van der Waals surface area (Å²) in [5.41, 5.74) is 8.93. The molecule has 0 bridgehead atoms. The molecule has 0 spiro atoms. The molecule has 0 aliphatic rings. The van der Waals surface area contributed by atoms with Crippen molar-refractivity contribution >= 4 is 43.6 Å². The van der Waals surface area contributed by atoms with E-state index in [9.17, 15) is 0 Å². The predicted octanol–water partition coefficient (Wildman–Crippen LogP) is 11.2. The van der Waals surface area contributed by atoms with Crippen LogP contribution in [0.3, 0.4) is 0 Å². The number of benzene rings is 6. The minimum Gasteiger partial charge on any atom is -0.454 e. The molecule has 0 aliphatic heterocycles. The summed E-state index contributed by atoms with van der Waals surface area (Å²) in [6.45, 7) is 0. The molecule has 6 aromatic carbocycles. The molecular formula is C45H27N5O. The maximum Gasteiger partial charge on any atom is 0.164 e. The summed E-state index contributed by atoms with van der Waals surface area (Å²) in [7, 11) is 0. The first-order chi connectivity index (χ1) is 25.2. The molecule has 238 valence electrons. The minimum absolute atomic E-state index is 0.619. The Morgan fingerprint density at radius 3 is 1.86 bits per heavy atom. The first-order valence-electron chi connectivity index (χ1n) is 16.8. The molecule has 0 unspecified atom stereocenters. The van der Waals surface area contributed by atoms with Crippen molar-refractivity contribution in [1.29, 1.82) is 0 Å². The molecule has 4 heterocycles. The molecule has 10 aromatic rings. The van der Waals surface area contributed by atoms with E-state index in [4.69, 9.17) is 29.3 Å². The van der Waals surface area contributed by atoms with Crippen molar-refractivity contribution in [2.24, 2.45) is 0 Å². The normalized spacial score (nSPS) is 11.5. The summed E-state index contributed by atoms with van der Waals surface area (Å²) >= 11 is 0. The minimum atomic E-state index is 0.619. The third-order valence-electron chi connectivity index (χ3n) is 9.36. The van der Waals surface area contributed by atoms with Crippen LogP contribution in [0.25, 0.3) is 100 Å². The van der Waals surface area contributed by atoms with Gasteiger partial charge in [0.1, 0.15) is 11.1 Å². The number of hydrogen-bond acceptors (Lipinski definition) is 6. The van der Waals surface area contributed by atoms with E-state index in [1.54, 1.807) is 0 Å². The summed E-state index contributed by atoms with van der Waals surface area (Å²) in [5, 5.41) is 5.25. The van der Waals surface area contributed by atoms with Crippen LogP contribution < -0.4 is 0 Å². The van der Waals surface area contributed by atoms with Gasteiger partial charge in [-0.25, -0.2) is 19.9 Å². The first-order valence-corrected chi connectivity index (χ1v) is 16.8. The van der Waals surface area contributed by atoms with E-state index in [-0.39, 0.29) is 0 Å². The molecule has 51 heavy (non-hydrogen) atoms. The Morgan fingerprint density at radius 2 is 1.08 bits per heavy atom. The molecule has 0 fully saturated rings. The predicted molar refractivity (Wildman–Crippen MR) is 205 cm³/mol. The Labute approximate surface area is 292 Å². The van der Waals surface area contributed by atoms with Gasteiger partial charge in [-0.15, -0.1) is 0 Å². The lowest BCUT2D eigenvalue weighted by Gasteiger charge is -2.13. The second-order valence-electron chi connectivity index (χ2n) is 12.5. The Kier molecular flexibility index (Phi) is 6.70. The number of pyridine rings is 2. The van der Waals surface area contributed by atoms with E-state index in [2.05, 4.69) is 54.6 Å². The molecular weight excluding hydrogens is 627 g/mol. The van der Waals surface area contributed by atoms with Gasteiger partial charge in [0.2, 0.25) is 0 Å². The Morgan fingerprint density at radius 1 is 0.392 bits per heavy atom. The highest BCUT2D eigenvalue weighted by Gasteiger charge is 2.17. The monoisotopic (exact) mass is 653 g/mol. The van der Waals surface area contributed by atoms with Crippen LogP contribution in [-0.2, 0) is 0 Å². The highest BCUT2D eigenvalue weighted by molar-refractivity contribution is 6.05. The van der Waals surface area contributed by atoms with E-state index in [0.717, 1.165) is 82.8 Å². The SMILES string of the molecule is c1ccc(-c2nc(-c3ccccc3)nc(-c3cc(-c4ccc5ccnc(-c6ccc7oc8ccccc8c7n6)c5c4)cc4ccccc34)n2)cc1. The van der Waals surface area contributed by atoms with Crippen molar-refractivity contribution in [3.8, 4) is 56.7 Å². The molecule has 0 aliphatic carbocycles. The van der Waals surface area contributed by atoms with Crippen LogP contribution >= 0.6 is 0 Å². The standard InChI is InChI=1S/C45H27N5O/c1-3-11-29(12-4-1)43-48-44(30-13-5-2-6-14-30)50-45(49-43)37-27-33(25-32-15-7-8-16-34(32)37)31-20-19-28-23-24-46-41(36(28)26-31)38-21-22-40-42(47-38)35-17-9-10-18-39(35)51-40/h1-27H. The zero-order valence-electron chi connectivity index (χ0n) is 27.2. The van der Waals surface area contributed by atoms with Crippen molar-refractivity contribution < 1.29 is 4.42 Å². The summed E-state index contributed by atoms with van der Waals surface area (Å²) in [5.74, 6) is 1.88. The third-order valence-corrected chi connectivity index (χ3v) is 9.36. The van der Waals surface area contributed by atoms with Gasteiger partial charge >= 0.3 is 0 Å². The van der Waals surface area contributed by atoms with Gasteiger partial charge in [-0.05, 0) is 75.8 Å². The summed E-state index contributed by atoms with van der Waals surface area (Å²) in [6, 6.07) is 53.5. The van der Waals surface area contributed by atoms with Gasteiger partial charge in [0.05, 0.1) is 11.4 Å². The lowest BCUT2D eigenvalue weighted by Crippen LogP contribution is -2.00. The average molecular weight is 654 g/mol. The van der Waals surface area contributed by atoms with Crippen LogP contribution in [0.2, 0.25) is 0 Å². The van der Waals surface area contributed by atoms with Gasteiger partial charge in [-0.1, -0.05) is 109 Å². The Balaban J connectivity index is 1.16. The number of para-hydroxylation sites is 1. The molecule has 0 saturated carbocycles. The van der Waals surface area contributed by atoms with Gasteiger partial charge in [-0.3, -0.25) is 4.98 Å². The van der Waals surface area contributed by atoms with Crippen LogP contribution in [0.4, 0.5) is 0 Å². The summed E-state index contributed by atoms with van der Waals surface area (Å²) < 4.78 is 6.06. The summed E-state index contributed by atoms with van der Waals surface area (Å²) in [4.78, 5) is 25.0. The van der Waals surface area contributed by atoms with Crippen LogP contribution in [0.5, 0.6) is 0 Å². The third kappa shape index (κ3) is 5.09. The first kappa shape index (κ1) is 28.9. The number of furan rings is 1. The Hall–Kier alpha value is -7.05. The molecule has 0 amide bonds. The molecule has 4 aromatic heterocycles. The molecule has 10 rings (SSSR count). The lowest BCUT2D eigenvalue weighted by atomic mass is 9.94. The van der Waals surface area contributed by atoms with E-state index >= 15 is 0 Å². The second-order valence-corrected chi connectivity index (χ2v) is 12.5. The van der Waals surface area contributed by atoms with Crippen molar-refractivity contribution in [3.05, 3.63) is 164 Å². The molecule has 6 nitrogen and oxygen atoms in total. The Bertz CT molecular complexity index is 2860. The van der Waals surface area contributed by atoms with E-state index in [1.165, 1.54) is 0 Å². The smallest absolute Gasteiger partial charge is 0.164 e. The molecule has 0 atom stereocenters. The average Bonchev–Trinajstić information content (AvgIpc) is 3.58. The largest absolute Gasteiger partial charge is 0.454 e. The van der Waals surface area contributed by atoms with Crippen molar-refractivity contribution in [1.82, 2.24) is 24.9 Å². The van der Waals surface area contributed by atoms with Gasteiger partial charge in [0, 0.05) is 33.7 Å². The number of hydrogen-bond donors (Lipinski definition) is 0. The number of aromatic nitrogens is 5. The fourth-order valence-electron chi connectivity index (χ4n) is 6.87. The maximum absolute atomic E-state index is 6.06. The fourth-order valence-corrected chi connectivity index (χ4v) is 6.87. The fraction of sp³-hybridized carbons (Fsp3) is 0. The van der Waals surface area contributed by atoms with Gasteiger partial charge in [-0.2, -0.15) is 0 Å². The van der Waals surface area contributed by atoms with Gasteiger partial charge < -0.3 is 4.42 Å². The topological polar surface area (TPSA) is 77.6 Å². The number of rotatable bonds is 5. The van der Waals surface area contributed by atoms with Crippen LogP contribution in [0.1, 0.15) is 0 Å². The van der Waals surface area contributed by atoms with E-state index in [1.807, 2.05) is 109 Å². The second kappa shape index (κ2) is 11.8. The van der Waals surface area contributed by atoms with Crippen LogP contribution in [0.15, 0.2) is 168 Å². The van der Waals surface area contributed by atoms with E-state index < -0.39 is 0 Å². The zero-order valence-corrected chi connectivity index (χ0v) is 27.2. The highest BCUT2D eigenvalue weighted by Crippen LogP contribution is 2.37. The zero-order chi connectivity index (χ0) is 33.7. The highest BCUT2D eigenvalue weighted by atomic mass is 16.3. The van der Waals surface area contributed by atoms with Crippen molar-refractivity contribution in [2.45, 2.75) is 0 Å². The van der Waals surface area contributed by atoms with Gasteiger partial charge in [0.15, 0.2) is 23.1 Å². The quantitative estimate of drug-likeness (QED) is 0.184. The molecule has 0 N–H and O–H groups in total. The van der Waals surface area contributed by atoms with Crippen LogP contribution in [-0.4, -0.2) is 24.9 Å². The van der Waals surface area contributed by atoms with E-state index in [0.29, 0.717) is 17.5 Å². The summed E-state index contributed by atoms with van der Waals surface area (Å²) in [6.07, 6.45) is 1.85. The molecule has 6 heteroatoms. The van der Waals surface area contributed by atoms with Gasteiger partial charge in [0.25, 0.3) is 0 Å². The van der Waals surface area contributed by atoms with Crippen molar-refractivity contribution in [3.63, 3.8) is 0 Å². The maximum atomic E-state index is 6.06. The number of nitrogens with zero attached hydrogens (tertiary/aromatic N) is 5. The molecule has 0 saturated heterocycles. The van der Waals surface area contributed by atoms with Crippen molar-refractivity contribution in [2.75, 3.05) is 0 Å². The lowest BCUT2D eigenvalue weighted by molar-refractivity contribution is 0.668. The van der Waals surface area contributed by atoms with Crippen LogP contribution in [0, 0.1) is 0 Å².